The Labute approximate surface area is 79.8 Å². The van der Waals surface area contributed by atoms with Gasteiger partial charge in [0.2, 0.25) is 0 Å². The molecule has 0 aliphatic rings. The maximum atomic E-state index is 6.93. The van der Waals surface area contributed by atoms with E-state index < -0.39 is 0 Å². The molecule has 0 heterocycles. The van der Waals surface area contributed by atoms with E-state index >= 15 is 0 Å². The summed E-state index contributed by atoms with van der Waals surface area (Å²) in [5, 5.41) is 12.8. The molecule has 5 heteroatoms. The molecular formula is C8H21N5. The first-order chi connectivity index (χ1) is 6.16. The predicted molar refractivity (Wildman–Crippen MR) is 55.4 cm³/mol. The second kappa shape index (κ2) is 7.82. The lowest BCUT2D eigenvalue weighted by Crippen LogP contribution is -2.31. The molecule has 0 spiro atoms. The fourth-order valence-corrected chi connectivity index (χ4v) is 1.11. The van der Waals surface area contributed by atoms with E-state index in [4.69, 9.17) is 16.9 Å². The molecule has 0 aromatic carbocycles. The van der Waals surface area contributed by atoms with E-state index in [1.165, 1.54) is 0 Å². The number of nitrogens with two attached hydrogens (primary N) is 2. The number of nitrogens with one attached hydrogen (secondary N) is 3. The molecule has 0 amide bonds. The van der Waals surface area contributed by atoms with Crippen molar-refractivity contribution >= 4 is 5.96 Å². The molecule has 1 unspecified atom stereocenters. The smallest absolute Gasteiger partial charge is 0.185 e. The lowest BCUT2D eigenvalue weighted by atomic mass is 10.1. The van der Waals surface area contributed by atoms with Crippen molar-refractivity contribution in [3.05, 3.63) is 0 Å². The first kappa shape index (κ1) is 12.2. The fraction of sp³-hybridized carbons (Fsp3) is 0.875. The highest BCUT2D eigenvalue weighted by Crippen LogP contribution is 2.02. The molecule has 0 rings (SSSR count). The van der Waals surface area contributed by atoms with Gasteiger partial charge in [0.15, 0.2) is 5.96 Å². The van der Waals surface area contributed by atoms with Gasteiger partial charge < -0.3 is 22.1 Å². The molecule has 78 valence electrons. The summed E-state index contributed by atoms with van der Waals surface area (Å²) in [5.74, 6) is 0.671. The van der Waals surface area contributed by atoms with Crippen LogP contribution in [0, 0.1) is 11.3 Å². The van der Waals surface area contributed by atoms with Gasteiger partial charge in [-0.1, -0.05) is 6.92 Å². The van der Waals surface area contributed by atoms with Crippen molar-refractivity contribution in [1.29, 1.82) is 5.41 Å². The van der Waals surface area contributed by atoms with Crippen molar-refractivity contribution in [3.63, 3.8) is 0 Å². The second-order valence-electron chi connectivity index (χ2n) is 3.25. The minimum absolute atomic E-state index is 0.0488. The van der Waals surface area contributed by atoms with Crippen molar-refractivity contribution < 1.29 is 0 Å². The number of hydrogen-bond acceptors (Lipinski definition) is 3. The van der Waals surface area contributed by atoms with Crippen LogP contribution in [-0.2, 0) is 0 Å². The Balaban J connectivity index is 3.16. The van der Waals surface area contributed by atoms with Crippen molar-refractivity contribution in [2.24, 2.45) is 17.4 Å². The molecular weight excluding hydrogens is 166 g/mol. The highest BCUT2D eigenvalue weighted by atomic mass is 15.0. The maximum absolute atomic E-state index is 6.93. The van der Waals surface area contributed by atoms with Crippen LogP contribution in [0.4, 0.5) is 0 Å². The third kappa shape index (κ3) is 9.10. The van der Waals surface area contributed by atoms with E-state index in [0.29, 0.717) is 12.6 Å². The average molecular weight is 187 g/mol. The normalized spacial score (nSPS) is 12.5. The first-order valence-corrected chi connectivity index (χ1v) is 4.65. The molecule has 0 aromatic heterocycles. The lowest BCUT2D eigenvalue weighted by Gasteiger charge is -2.11. The van der Waals surface area contributed by atoms with E-state index in [2.05, 4.69) is 17.6 Å². The molecule has 0 saturated carbocycles. The summed E-state index contributed by atoms with van der Waals surface area (Å²) in [6.07, 6.45) is 2.15. The largest absolute Gasteiger partial charge is 0.370 e. The zero-order valence-electron chi connectivity index (χ0n) is 8.27. The zero-order chi connectivity index (χ0) is 10.1. The second-order valence-corrected chi connectivity index (χ2v) is 3.25. The van der Waals surface area contributed by atoms with E-state index in [1.807, 2.05) is 0 Å². The van der Waals surface area contributed by atoms with E-state index in [9.17, 15) is 0 Å². The molecule has 0 aliphatic carbocycles. The summed E-state index contributed by atoms with van der Waals surface area (Å²) < 4.78 is 0. The van der Waals surface area contributed by atoms with Crippen LogP contribution in [0.1, 0.15) is 19.8 Å². The van der Waals surface area contributed by atoms with Crippen LogP contribution in [0.3, 0.4) is 0 Å². The standard InChI is InChI=1S/C8H21N5/c1-7(5-12-6-9)3-2-4-13-8(10)11/h7,12H,2-6,9H2,1H3,(H4,10,11,13). The van der Waals surface area contributed by atoms with Crippen LogP contribution in [0.25, 0.3) is 0 Å². The van der Waals surface area contributed by atoms with Gasteiger partial charge in [0.25, 0.3) is 0 Å². The third-order valence-corrected chi connectivity index (χ3v) is 1.83. The van der Waals surface area contributed by atoms with Crippen molar-refractivity contribution in [3.8, 4) is 0 Å². The summed E-state index contributed by atoms with van der Waals surface area (Å²) in [4.78, 5) is 0. The van der Waals surface area contributed by atoms with Gasteiger partial charge in [-0.3, -0.25) is 5.41 Å². The summed E-state index contributed by atoms with van der Waals surface area (Å²) in [6, 6.07) is 0. The van der Waals surface area contributed by atoms with Crippen LogP contribution >= 0.6 is 0 Å². The quantitative estimate of drug-likeness (QED) is 0.159. The Kier molecular flexibility index (Phi) is 7.33. The molecule has 0 saturated heterocycles. The van der Waals surface area contributed by atoms with Crippen LogP contribution in [0.2, 0.25) is 0 Å². The Bertz CT molecular complexity index is 136. The molecule has 1 atom stereocenters. The Morgan fingerprint density at radius 3 is 2.77 bits per heavy atom. The van der Waals surface area contributed by atoms with E-state index in [-0.39, 0.29) is 5.96 Å². The summed E-state index contributed by atoms with van der Waals surface area (Å²) in [5.41, 5.74) is 10.4. The molecule has 0 aromatic rings. The molecule has 0 aliphatic heterocycles. The van der Waals surface area contributed by atoms with Gasteiger partial charge in [0.05, 0.1) is 0 Å². The van der Waals surface area contributed by atoms with Gasteiger partial charge in [-0.15, -0.1) is 0 Å². The molecule has 0 bridgehead atoms. The Hall–Kier alpha value is -0.810. The van der Waals surface area contributed by atoms with Gasteiger partial charge >= 0.3 is 0 Å². The zero-order valence-corrected chi connectivity index (χ0v) is 8.27. The first-order valence-electron chi connectivity index (χ1n) is 4.65. The number of hydrogen-bond donors (Lipinski definition) is 5. The number of rotatable bonds is 7. The molecule has 13 heavy (non-hydrogen) atoms. The van der Waals surface area contributed by atoms with Gasteiger partial charge in [0.1, 0.15) is 0 Å². The minimum atomic E-state index is 0.0488. The topological polar surface area (TPSA) is 100.0 Å². The van der Waals surface area contributed by atoms with Gasteiger partial charge in [0, 0.05) is 13.2 Å². The Morgan fingerprint density at radius 1 is 1.54 bits per heavy atom. The fourth-order valence-electron chi connectivity index (χ4n) is 1.11. The van der Waals surface area contributed by atoms with Crippen LogP contribution in [-0.4, -0.2) is 25.7 Å². The molecule has 5 nitrogen and oxygen atoms in total. The third-order valence-electron chi connectivity index (χ3n) is 1.83. The number of guanidine groups is 1. The SMILES string of the molecule is CC(CCCNC(=N)N)CNCN. The van der Waals surface area contributed by atoms with Crippen LogP contribution in [0.5, 0.6) is 0 Å². The van der Waals surface area contributed by atoms with Crippen LogP contribution in [0.15, 0.2) is 0 Å². The van der Waals surface area contributed by atoms with Crippen molar-refractivity contribution in [1.82, 2.24) is 10.6 Å². The highest BCUT2D eigenvalue weighted by molar-refractivity contribution is 5.74. The van der Waals surface area contributed by atoms with E-state index in [0.717, 1.165) is 25.9 Å². The van der Waals surface area contributed by atoms with Gasteiger partial charge in [-0.25, -0.2) is 0 Å². The van der Waals surface area contributed by atoms with Gasteiger partial charge in [-0.05, 0) is 25.3 Å². The summed E-state index contributed by atoms with van der Waals surface area (Å²) in [6.45, 7) is 4.45. The lowest BCUT2D eigenvalue weighted by molar-refractivity contribution is 0.470. The molecule has 7 N–H and O–H groups in total. The van der Waals surface area contributed by atoms with Crippen molar-refractivity contribution in [2.75, 3.05) is 19.8 Å². The van der Waals surface area contributed by atoms with Crippen molar-refractivity contribution in [2.45, 2.75) is 19.8 Å². The van der Waals surface area contributed by atoms with Gasteiger partial charge in [-0.2, -0.15) is 0 Å². The predicted octanol–water partition coefficient (Wildman–Crippen LogP) is -0.608. The summed E-state index contributed by atoms with van der Waals surface area (Å²) in [7, 11) is 0. The molecule has 0 fully saturated rings. The summed E-state index contributed by atoms with van der Waals surface area (Å²) >= 11 is 0. The minimum Gasteiger partial charge on any atom is -0.370 e. The average Bonchev–Trinajstić information content (AvgIpc) is 2.08. The maximum Gasteiger partial charge on any atom is 0.185 e. The highest BCUT2D eigenvalue weighted by Gasteiger charge is 2.00. The van der Waals surface area contributed by atoms with Crippen LogP contribution < -0.4 is 22.1 Å². The van der Waals surface area contributed by atoms with E-state index in [1.54, 1.807) is 0 Å². The molecule has 0 radical (unpaired) electrons. The Morgan fingerprint density at radius 2 is 2.23 bits per heavy atom. The monoisotopic (exact) mass is 187 g/mol.